The molecule has 0 amide bonds. The van der Waals surface area contributed by atoms with Gasteiger partial charge in [-0.1, -0.05) is 26.0 Å². The third kappa shape index (κ3) is 2.90. The Hall–Kier alpha value is -2.93. The Balaban J connectivity index is 1.78. The molecule has 3 aromatic rings. The van der Waals surface area contributed by atoms with E-state index in [2.05, 4.69) is 59.1 Å². The number of nitrogens with zero attached hydrogens (tertiary/aromatic N) is 4. The molecule has 26 heavy (non-hydrogen) atoms. The Morgan fingerprint density at radius 1 is 1.23 bits per heavy atom. The molecule has 0 bridgehead atoms. The maximum absolute atomic E-state index is 9.67. The summed E-state index contributed by atoms with van der Waals surface area (Å²) in [6.07, 6.45) is 6.56. The van der Waals surface area contributed by atoms with Crippen LogP contribution in [-0.2, 0) is 0 Å². The third-order valence-electron chi connectivity index (χ3n) is 5.31. The molecule has 1 aliphatic heterocycles. The lowest BCUT2D eigenvalue weighted by atomic mass is 9.99. The first kappa shape index (κ1) is 16.5. The molecular formula is C22H22N4. The van der Waals surface area contributed by atoms with E-state index in [-0.39, 0.29) is 0 Å². The van der Waals surface area contributed by atoms with Gasteiger partial charge in [-0.3, -0.25) is 9.97 Å². The molecule has 0 spiro atoms. The van der Waals surface area contributed by atoms with Crippen molar-refractivity contribution in [2.45, 2.75) is 32.1 Å². The number of pyridine rings is 2. The fourth-order valence-electron chi connectivity index (χ4n) is 3.83. The highest BCUT2D eigenvalue weighted by molar-refractivity contribution is 5.95. The van der Waals surface area contributed by atoms with Crippen molar-refractivity contribution in [2.75, 3.05) is 18.0 Å². The van der Waals surface area contributed by atoms with Crippen LogP contribution in [-0.4, -0.2) is 23.1 Å². The molecule has 0 aliphatic carbocycles. The lowest BCUT2D eigenvalue weighted by Gasteiger charge is -2.22. The van der Waals surface area contributed by atoms with Crippen LogP contribution in [0.5, 0.6) is 0 Å². The van der Waals surface area contributed by atoms with Crippen LogP contribution in [0, 0.1) is 11.3 Å². The van der Waals surface area contributed by atoms with Crippen LogP contribution in [0.1, 0.15) is 48.8 Å². The molecule has 130 valence electrons. The van der Waals surface area contributed by atoms with E-state index in [0.29, 0.717) is 17.4 Å². The van der Waals surface area contributed by atoms with Gasteiger partial charge in [0.15, 0.2) is 0 Å². The minimum absolute atomic E-state index is 0.444. The molecular weight excluding hydrogens is 320 g/mol. The summed E-state index contributed by atoms with van der Waals surface area (Å²) in [5.74, 6) is 0.895. The van der Waals surface area contributed by atoms with Crippen molar-refractivity contribution in [3.63, 3.8) is 0 Å². The fourth-order valence-corrected chi connectivity index (χ4v) is 3.83. The molecule has 1 aliphatic rings. The van der Waals surface area contributed by atoms with Crippen molar-refractivity contribution in [3.8, 4) is 6.07 Å². The van der Waals surface area contributed by atoms with E-state index in [0.717, 1.165) is 36.1 Å². The molecule has 1 unspecified atom stereocenters. The summed E-state index contributed by atoms with van der Waals surface area (Å²) in [6, 6.07) is 12.9. The van der Waals surface area contributed by atoms with E-state index in [1.54, 1.807) is 6.20 Å². The molecule has 1 atom stereocenters. The highest BCUT2D eigenvalue weighted by atomic mass is 15.2. The van der Waals surface area contributed by atoms with Crippen LogP contribution in [0.2, 0.25) is 0 Å². The number of anilines is 1. The van der Waals surface area contributed by atoms with Gasteiger partial charge in [-0.05, 0) is 41.7 Å². The zero-order valence-corrected chi connectivity index (χ0v) is 15.2. The Morgan fingerprint density at radius 2 is 2.12 bits per heavy atom. The second kappa shape index (κ2) is 6.76. The van der Waals surface area contributed by atoms with Gasteiger partial charge in [0.25, 0.3) is 0 Å². The predicted octanol–water partition coefficient (Wildman–Crippen LogP) is 4.62. The van der Waals surface area contributed by atoms with Gasteiger partial charge in [-0.2, -0.15) is 5.26 Å². The van der Waals surface area contributed by atoms with Crippen molar-refractivity contribution < 1.29 is 0 Å². The maximum atomic E-state index is 9.67. The molecule has 1 fully saturated rings. The van der Waals surface area contributed by atoms with Crippen LogP contribution in [0.15, 0.2) is 48.9 Å². The standard InChI is InChI=1S/C22H22N4/c1-15(2)16-5-6-21-20(10-16)22(19(11-23)13-25-21)26-9-7-18(14-26)17-4-3-8-24-12-17/h3-6,8,10,12-13,15,18H,7,9,14H2,1-2H3. The average molecular weight is 342 g/mol. The maximum Gasteiger partial charge on any atom is 0.103 e. The zero-order chi connectivity index (χ0) is 18.1. The topological polar surface area (TPSA) is 52.8 Å². The quantitative estimate of drug-likeness (QED) is 0.697. The molecule has 1 saturated heterocycles. The van der Waals surface area contributed by atoms with Gasteiger partial charge in [0.1, 0.15) is 6.07 Å². The highest BCUT2D eigenvalue weighted by Gasteiger charge is 2.27. The summed E-state index contributed by atoms with van der Waals surface area (Å²) in [4.78, 5) is 11.1. The number of hydrogen-bond donors (Lipinski definition) is 0. The van der Waals surface area contributed by atoms with Crippen molar-refractivity contribution in [1.29, 1.82) is 5.26 Å². The summed E-state index contributed by atoms with van der Waals surface area (Å²) >= 11 is 0. The fraction of sp³-hybridized carbons (Fsp3) is 0.318. The van der Waals surface area contributed by atoms with E-state index < -0.39 is 0 Å². The molecule has 0 N–H and O–H groups in total. The van der Waals surface area contributed by atoms with Gasteiger partial charge < -0.3 is 4.90 Å². The van der Waals surface area contributed by atoms with E-state index in [9.17, 15) is 5.26 Å². The smallest absolute Gasteiger partial charge is 0.103 e. The van der Waals surface area contributed by atoms with Gasteiger partial charge in [-0.15, -0.1) is 0 Å². The second-order valence-electron chi connectivity index (χ2n) is 7.28. The Bertz CT molecular complexity index is 973. The van der Waals surface area contributed by atoms with Crippen LogP contribution < -0.4 is 4.90 Å². The van der Waals surface area contributed by atoms with E-state index >= 15 is 0 Å². The first-order valence-electron chi connectivity index (χ1n) is 9.15. The summed E-state index contributed by atoms with van der Waals surface area (Å²) in [5, 5.41) is 10.8. The van der Waals surface area contributed by atoms with Crippen LogP contribution >= 0.6 is 0 Å². The normalized spacial score (nSPS) is 17.0. The largest absolute Gasteiger partial charge is 0.369 e. The van der Waals surface area contributed by atoms with Gasteiger partial charge in [-0.25, -0.2) is 0 Å². The molecule has 3 heterocycles. The van der Waals surface area contributed by atoms with Crippen molar-refractivity contribution in [3.05, 3.63) is 65.6 Å². The number of fused-ring (bicyclic) bond motifs is 1. The van der Waals surface area contributed by atoms with Gasteiger partial charge >= 0.3 is 0 Å². The number of rotatable bonds is 3. The summed E-state index contributed by atoms with van der Waals surface area (Å²) in [6.45, 7) is 6.23. The monoisotopic (exact) mass is 342 g/mol. The molecule has 4 nitrogen and oxygen atoms in total. The zero-order valence-electron chi connectivity index (χ0n) is 15.2. The first-order chi connectivity index (χ1) is 12.7. The Labute approximate surface area is 154 Å². The van der Waals surface area contributed by atoms with Gasteiger partial charge in [0, 0.05) is 43.0 Å². The van der Waals surface area contributed by atoms with Crippen LogP contribution in [0.4, 0.5) is 5.69 Å². The van der Waals surface area contributed by atoms with Crippen LogP contribution in [0.3, 0.4) is 0 Å². The lowest BCUT2D eigenvalue weighted by molar-refractivity contribution is 0.770. The summed E-state index contributed by atoms with van der Waals surface area (Å²) < 4.78 is 0. The van der Waals surface area contributed by atoms with Crippen LogP contribution in [0.25, 0.3) is 10.9 Å². The molecule has 0 saturated carbocycles. The number of hydrogen-bond acceptors (Lipinski definition) is 4. The molecule has 2 aromatic heterocycles. The molecule has 4 heteroatoms. The SMILES string of the molecule is CC(C)c1ccc2ncc(C#N)c(N3CCC(c4cccnc4)C3)c2c1. The second-order valence-corrected chi connectivity index (χ2v) is 7.28. The number of aromatic nitrogens is 2. The number of benzene rings is 1. The predicted molar refractivity (Wildman–Crippen MR) is 104 cm³/mol. The van der Waals surface area contributed by atoms with Gasteiger partial charge in [0.2, 0.25) is 0 Å². The minimum atomic E-state index is 0.444. The van der Waals surface area contributed by atoms with Gasteiger partial charge in [0.05, 0.1) is 16.8 Å². The van der Waals surface area contributed by atoms with E-state index in [1.165, 1.54) is 11.1 Å². The Morgan fingerprint density at radius 3 is 2.85 bits per heavy atom. The molecule has 4 rings (SSSR count). The summed E-state index contributed by atoms with van der Waals surface area (Å²) in [7, 11) is 0. The third-order valence-corrected chi connectivity index (χ3v) is 5.31. The highest BCUT2D eigenvalue weighted by Crippen LogP contribution is 2.37. The van der Waals surface area contributed by atoms with E-state index in [1.807, 2.05) is 18.5 Å². The Kier molecular flexibility index (Phi) is 4.30. The number of nitriles is 1. The van der Waals surface area contributed by atoms with Crippen molar-refractivity contribution >= 4 is 16.6 Å². The lowest BCUT2D eigenvalue weighted by Crippen LogP contribution is -2.21. The molecule has 0 radical (unpaired) electrons. The minimum Gasteiger partial charge on any atom is -0.369 e. The van der Waals surface area contributed by atoms with Crippen molar-refractivity contribution in [2.24, 2.45) is 0 Å². The summed E-state index contributed by atoms with van der Waals surface area (Å²) in [5.41, 5.74) is 5.19. The molecule has 1 aromatic carbocycles. The first-order valence-corrected chi connectivity index (χ1v) is 9.15. The average Bonchev–Trinajstić information content (AvgIpc) is 3.17. The van der Waals surface area contributed by atoms with E-state index in [4.69, 9.17) is 0 Å². The van der Waals surface area contributed by atoms with Crippen molar-refractivity contribution in [1.82, 2.24) is 9.97 Å².